The number of rotatable bonds is 6. The Balaban J connectivity index is 1.65. The van der Waals surface area contributed by atoms with Gasteiger partial charge < -0.3 is 15.0 Å². The molecule has 8 heteroatoms. The second-order valence-electron chi connectivity index (χ2n) is 8.73. The summed E-state index contributed by atoms with van der Waals surface area (Å²) >= 11 is 0. The standard InChI is InChI=1S/C27H25F3N2O3/c1-26(25(34)31-16-18-7-6-11-22(14-18)35-2)15-20-9-3-4-12-23(20)24(33)32(26)17-19-8-5-10-21(13-19)27(28,29)30/h3-14H,15-17H2,1-2H3,(H,31,34)/t26-/m1/s1. The summed E-state index contributed by atoms with van der Waals surface area (Å²) in [6.07, 6.45) is -4.27. The third kappa shape index (κ3) is 5.01. The van der Waals surface area contributed by atoms with Crippen molar-refractivity contribution in [3.05, 3.63) is 101 Å². The number of halogens is 3. The van der Waals surface area contributed by atoms with Crippen LogP contribution in [0.25, 0.3) is 0 Å². The molecule has 0 aliphatic carbocycles. The fourth-order valence-corrected chi connectivity index (χ4v) is 4.35. The Morgan fingerprint density at radius 3 is 2.49 bits per heavy atom. The van der Waals surface area contributed by atoms with Gasteiger partial charge in [0, 0.05) is 25.1 Å². The highest BCUT2D eigenvalue weighted by Gasteiger charge is 2.46. The van der Waals surface area contributed by atoms with Crippen molar-refractivity contribution in [3.8, 4) is 5.75 Å². The van der Waals surface area contributed by atoms with Gasteiger partial charge in [0.1, 0.15) is 11.3 Å². The highest BCUT2D eigenvalue weighted by atomic mass is 19.4. The fraction of sp³-hybridized carbons (Fsp3) is 0.259. The highest BCUT2D eigenvalue weighted by molar-refractivity contribution is 6.02. The summed E-state index contributed by atoms with van der Waals surface area (Å²) in [6, 6.07) is 19.1. The highest BCUT2D eigenvalue weighted by Crippen LogP contribution is 2.34. The van der Waals surface area contributed by atoms with E-state index in [2.05, 4.69) is 5.32 Å². The molecular formula is C27H25F3N2O3. The lowest BCUT2D eigenvalue weighted by Gasteiger charge is -2.44. The maximum Gasteiger partial charge on any atom is 0.416 e. The lowest BCUT2D eigenvalue weighted by atomic mass is 9.82. The predicted molar refractivity (Wildman–Crippen MR) is 125 cm³/mol. The van der Waals surface area contributed by atoms with Crippen LogP contribution >= 0.6 is 0 Å². The number of hydrogen-bond donors (Lipinski definition) is 1. The number of ether oxygens (including phenoxy) is 1. The van der Waals surface area contributed by atoms with Crippen molar-refractivity contribution in [2.45, 2.75) is 38.1 Å². The second kappa shape index (κ2) is 9.44. The number of fused-ring (bicyclic) bond motifs is 1. The number of hydrogen-bond acceptors (Lipinski definition) is 3. The van der Waals surface area contributed by atoms with Crippen molar-refractivity contribution in [1.82, 2.24) is 10.2 Å². The summed E-state index contributed by atoms with van der Waals surface area (Å²) in [4.78, 5) is 28.4. The van der Waals surface area contributed by atoms with Crippen molar-refractivity contribution >= 4 is 11.8 Å². The number of benzene rings is 3. The van der Waals surface area contributed by atoms with E-state index >= 15 is 0 Å². The summed E-state index contributed by atoms with van der Waals surface area (Å²) in [7, 11) is 1.55. The molecule has 2 amide bonds. The van der Waals surface area contributed by atoms with E-state index in [9.17, 15) is 22.8 Å². The van der Waals surface area contributed by atoms with Crippen LogP contribution in [0.1, 0.15) is 39.5 Å². The average molecular weight is 483 g/mol. The van der Waals surface area contributed by atoms with Crippen LogP contribution < -0.4 is 10.1 Å². The second-order valence-corrected chi connectivity index (χ2v) is 8.73. The Morgan fingerprint density at radius 2 is 1.74 bits per heavy atom. The Kier molecular flexibility index (Phi) is 6.56. The largest absolute Gasteiger partial charge is 0.497 e. The van der Waals surface area contributed by atoms with Crippen molar-refractivity contribution in [2.24, 2.45) is 0 Å². The minimum atomic E-state index is -4.51. The van der Waals surface area contributed by atoms with Crippen LogP contribution in [0.5, 0.6) is 5.75 Å². The summed E-state index contributed by atoms with van der Waals surface area (Å²) in [5, 5.41) is 2.89. The first-order chi connectivity index (χ1) is 16.6. The van der Waals surface area contributed by atoms with E-state index in [-0.39, 0.29) is 19.5 Å². The maximum atomic E-state index is 13.5. The van der Waals surface area contributed by atoms with Crippen LogP contribution in [0.4, 0.5) is 13.2 Å². The van der Waals surface area contributed by atoms with Gasteiger partial charge in [-0.2, -0.15) is 13.2 Å². The van der Waals surface area contributed by atoms with Crippen molar-refractivity contribution in [1.29, 1.82) is 0 Å². The molecule has 1 N–H and O–H groups in total. The molecule has 3 aromatic rings. The molecule has 0 aromatic heterocycles. The molecule has 0 fully saturated rings. The molecule has 5 nitrogen and oxygen atoms in total. The molecule has 1 heterocycles. The predicted octanol–water partition coefficient (Wildman–Crippen LogP) is 4.99. The molecule has 0 saturated heterocycles. The molecular weight excluding hydrogens is 457 g/mol. The van der Waals surface area contributed by atoms with Gasteiger partial charge in [-0.15, -0.1) is 0 Å². The van der Waals surface area contributed by atoms with Crippen LogP contribution in [0.2, 0.25) is 0 Å². The molecule has 1 atom stereocenters. The number of methoxy groups -OCH3 is 1. The number of nitrogens with one attached hydrogen (secondary N) is 1. The van der Waals surface area contributed by atoms with Gasteiger partial charge in [-0.25, -0.2) is 0 Å². The van der Waals surface area contributed by atoms with E-state index in [4.69, 9.17) is 4.74 Å². The lowest BCUT2D eigenvalue weighted by molar-refractivity contribution is -0.137. The van der Waals surface area contributed by atoms with E-state index in [1.165, 1.54) is 17.0 Å². The first-order valence-corrected chi connectivity index (χ1v) is 11.1. The lowest BCUT2D eigenvalue weighted by Crippen LogP contribution is -2.62. The molecule has 1 aliphatic heterocycles. The smallest absolute Gasteiger partial charge is 0.416 e. The molecule has 182 valence electrons. The van der Waals surface area contributed by atoms with Crippen LogP contribution in [0.15, 0.2) is 72.8 Å². The molecule has 0 spiro atoms. The normalized spacial score (nSPS) is 17.6. The van der Waals surface area contributed by atoms with Gasteiger partial charge in [0.15, 0.2) is 0 Å². The number of carbonyl (C=O) groups excluding carboxylic acids is 2. The van der Waals surface area contributed by atoms with Crippen LogP contribution in [-0.2, 0) is 30.5 Å². The van der Waals surface area contributed by atoms with E-state index in [0.29, 0.717) is 16.9 Å². The minimum Gasteiger partial charge on any atom is -0.497 e. The number of carbonyl (C=O) groups is 2. The van der Waals surface area contributed by atoms with Gasteiger partial charge in [-0.05, 0) is 53.9 Å². The van der Waals surface area contributed by atoms with E-state index < -0.39 is 29.1 Å². The Hall–Kier alpha value is -3.81. The average Bonchev–Trinajstić information content (AvgIpc) is 2.85. The van der Waals surface area contributed by atoms with Gasteiger partial charge in [0.25, 0.3) is 5.91 Å². The molecule has 35 heavy (non-hydrogen) atoms. The quantitative estimate of drug-likeness (QED) is 0.539. The zero-order chi connectivity index (χ0) is 25.2. The van der Waals surface area contributed by atoms with Crippen LogP contribution in [-0.4, -0.2) is 29.4 Å². The minimum absolute atomic E-state index is 0.139. The third-order valence-electron chi connectivity index (χ3n) is 6.29. The molecule has 1 aliphatic rings. The topological polar surface area (TPSA) is 58.6 Å². The summed E-state index contributed by atoms with van der Waals surface area (Å²) in [6.45, 7) is 1.72. The number of amides is 2. The Bertz CT molecular complexity index is 1260. The Morgan fingerprint density at radius 1 is 1.03 bits per heavy atom. The monoisotopic (exact) mass is 482 g/mol. The molecule has 0 saturated carbocycles. The van der Waals surface area contributed by atoms with Crippen molar-refractivity contribution < 1.29 is 27.5 Å². The SMILES string of the molecule is COc1cccc(CNC(=O)[C@@]2(C)Cc3ccccc3C(=O)N2Cc2cccc(C(F)(F)F)c2)c1. The third-order valence-corrected chi connectivity index (χ3v) is 6.29. The fourth-order valence-electron chi connectivity index (χ4n) is 4.35. The zero-order valence-electron chi connectivity index (χ0n) is 19.4. The summed E-state index contributed by atoms with van der Waals surface area (Å²) in [5.41, 5.74) is 0.157. The summed E-state index contributed by atoms with van der Waals surface area (Å²) in [5.74, 6) is -0.144. The van der Waals surface area contributed by atoms with Gasteiger partial charge in [-0.1, -0.05) is 42.5 Å². The number of nitrogens with zero attached hydrogens (tertiary/aromatic N) is 1. The molecule has 3 aromatic carbocycles. The Labute approximate surface area is 201 Å². The van der Waals surface area contributed by atoms with Gasteiger partial charge in [0.05, 0.1) is 12.7 Å². The van der Waals surface area contributed by atoms with Gasteiger partial charge in [0.2, 0.25) is 5.91 Å². The maximum absolute atomic E-state index is 13.5. The molecule has 4 rings (SSSR count). The van der Waals surface area contributed by atoms with E-state index in [1.807, 2.05) is 12.1 Å². The first kappa shape index (κ1) is 24.3. The van der Waals surface area contributed by atoms with Crippen molar-refractivity contribution in [3.63, 3.8) is 0 Å². The zero-order valence-corrected chi connectivity index (χ0v) is 19.4. The molecule has 0 radical (unpaired) electrons. The van der Waals surface area contributed by atoms with Crippen LogP contribution in [0.3, 0.4) is 0 Å². The molecule has 0 bridgehead atoms. The first-order valence-electron chi connectivity index (χ1n) is 11.1. The number of alkyl halides is 3. The van der Waals surface area contributed by atoms with E-state index in [0.717, 1.165) is 23.3 Å². The van der Waals surface area contributed by atoms with Gasteiger partial charge >= 0.3 is 6.18 Å². The van der Waals surface area contributed by atoms with E-state index in [1.54, 1.807) is 50.4 Å². The van der Waals surface area contributed by atoms with Gasteiger partial charge in [-0.3, -0.25) is 9.59 Å². The van der Waals surface area contributed by atoms with Crippen LogP contribution in [0, 0.1) is 0 Å². The summed E-state index contributed by atoms with van der Waals surface area (Å²) < 4.78 is 45.0. The molecule has 0 unspecified atom stereocenters. The van der Waals surface area contributed by atoms with Crippen molar-refractivity contribution in [2.75, 3.05) is 7.11 Å².